The van der Waals surface area contributed by atoms with Gasteiger partial charge in [-0.15, -0.1) is 0 Å². The lowest BCUT2D eigenvalue weighted by Crippen LogP contribution is -2.11. The number of nitrogens with zero attached hydrogens (tertiary/aromatic N) is 5. The fourth-order valence-corrected chi connectivity index (χ4v) is 2.72. The van der Waals surface area contributed by atoms with Crippen LogP contribution in [0.5, 0.6) is 5.88 Å². The molecule has 0 amide bonds. The summed E-state index contributed by atoms with van der Waals surface area (Å²) in [4.78, 5) is 21.0. The van der Waals surface area contributed by atoms with E-state index in [-0.39, 0.29) is 5.43 Å². The number of fused-ring (bicyclic) bond motifs is 2. The molecule has 0 spiro atoms. The van der Waals surface area contributed by atoms with Gasteiger partial charge in [0.05, 0.1) is 23.8 Å². The van der Waals surface area contributed by atoms with Crippen molar-refractivity contribution in [3.63, 3.8) is 0 Å². The van der Waals surface area contributed by atoms with Gasteiger partial charge in [-0.25, -0.2) is 14.6 Å². The van der Waals surface area contributed by atoms with Crippen molar-refractivity contribution in [3.8, 4) is 11.6 Å². The Hall–Kier alpha value is -3.22. The number of benzene rings is 1. The van der Waals surface area contributed by atoms with Gasteiger partial charge in [-0.05, 0) is 24.3 Å². The molecule has 7 heteroatoms. The Kier molecular flexibility index (Phi) is 2.87. The molecular weight excluding hydrogens is 294 g/mol. The van der Waals surface area contributed by atoms with Gasteiger partial charge in [-0.3, -0.25) is 4.79 Å². The maximum Gasteiger partial charge on any atom is 0.215 e. The second-order valence-corrected chi connectivity index (χ2v) is 5.15. The summed E-state index contributed by atoms with van der Waals surface area (Å²) in [6, 6.07) is 9.12. The lowest BCUT2D eigenvalue weighted by molar-refractivity contribution is 0.399. The van der Waals surface area contributed by atoms with Gasteiger partial charge in [-0.1, -0.05) is 0 Å². The predicted octanol–water partition coefficient (Wildman–Crippen LogP) is 1.68. The molecule has 0 fully saturated rings. The Labute approximate surface area is 130 Å². The van der Waals surface area contributed by atoms with E-state index in [1.807, 2.05) is 29.8 Å². The van der Waals surface area contributed by atoms with Crippen LogP contribution in [-0.2, 0) is 7.05 Å². The number of methoxy groups -OCH3 is 1. The second-order valence-electron chi connectivity index (χ2n) is 5.15. The molecule has 4 aromatic rings. The molecule has 0 aliphatic rings. The average Bonchev–Trinajstić information content (AvgIpc) is 3.13. The number of hydrogen-bond acceptors (Lipinski definition) is 5. The highest BCUT2D eigenvalue weighted by Gasteiger charge is 2.12. The molecular formula is C16H13N5O2. The highest BCUT2D eigenvalue weighted by molar-refractivity contribution is 5.92. The Morgan fingerprint density at radius 2 is 2.00 bits per heavy atom. The molecule has 3 aromatic heterocycles. The maximum atomic E-state index is 12.7. The van der Waals surface area contributed by atoms with E-state index < -0.39 is 0 Å². The number of aryl methyl sites for hydroxylation is 1. The normalized spacial score (nSPS) is 11.2. The number of hydrogen-bond donors (Lipinski definition) is 0. The summed E-state index contributed by atoms with van der Waals surface area (Å²) >= 11 is 0. The summed E-state index contributed by atoms with van der Waals surface area (Å²) < 4.78 is 8.72. The summed E-state index contributed by atoms with van der Waals surface area (Å²) in [5.74, 6) is 0.424. The fourth-order valence-electron chi connectivity index (χ4n) is 2.72. The molecule has 0 aliphatic carbocycles. The van der Waals surface area contributed by atoms with Crippen LogP contribution in [0.1, 0.15) is 0 Å². The molecule has 23 heavy (non-hydrogen) atoms. The summed E-state index contributed by atoms with van der Waals surface area (Å²) in [6.45, 7) is 0. The molecule has 0 bridgehead atoms. The highest BCUT2D eigenvalue weighted by Crippen LogP contribution is 2.21. The van der Waals surface area contributed by atoms with Crippen molar-refractivity contribution >= 4 is 21.9 Å². The minimum Gasteiger partial charge on any atom is -0.481 e. The summed E-state index contributed by atoms with van der Waals surface area (Å²) in [5.41, 5.74) is 2.68. The summed E-state index contributed by atoms with van der Waals surface area (Å²) in [6.07, 6.45) is 3.09. The average molecular weight is 307 g/mol. The molecule has 0 saturated heterocycles. The zero-order chi connectivity index (χ0) is 16.0. The van der Waals surface area contributed by atoms with Crippen molar-refractivity contribution in [2.75, 3.05) is 7.11 Å². The molecule has 4 rings (SSSR count). The third kappa shape index (κ3) is 1.97. The van der Waals surface area contributed by atoms with E-state index in [1.165, 1.54) is 13.4 Å². The first-order valence-electron chi connectivity index (χ1n) is 7.01. The molecule has 1 aromatic carbocycles. The van der Waals surface area contributed by atoms with E-state index in [4.69, 9.17) is 4.74 Å². The van der Waals surface area contributed by atoms with Gasteiger partial charge in [0, 0.05) is 18.5 Å². The molecule has 0 unspecified atom stereocenters. The Bertz CT molecular complexity index is 1080. The van der Waals surface area contributed by atoms with E-state index in [1.54, 1.807) is 23.1 Å². The van der Waals surface area contributed by atoms with Gasteiger partial charge in [0.15, 0.2) is 0 Å². The van der Waals surface area contributed by atoms with Gasteiger partial charge in [-0.2, -0.15) is 5.10 Å². The molecule has 0 saturated carbocycles. The van der Waals surface area contributed by atoms with Gasteiger partial charge in [0.25, 0.3) is 0 Å². The summed E-state index contributed by atoms with van der Waals surface area (Å²) in [5, 5.41) is 4.72. The van der Waals surface area contributed by atoms with E-state index >= 15 is 0 Å². The molecule has 0 atom stereocenters. The van der Waals surface area contributed by atoms with E-state index in [0.717, 1.165) is 16.7 Å². The van der Waals surface area contributed by atoms with Gasteiger partial charge < -0.3 is 9.30 Å². The van der Waals surface area contributed by atoms with Gasteiger partial charge in [0.1, 0.15) is 18.2 Å². The van der Waals surface area contributed by atoms with Crippen LogP contribution in [0.2, 0.25) is 0 Å². The zero-order valence-corrected chi connectivity index (χ0v) is 12.6. The van der Waals surface area contributed by atoms with Crippen molar-refractivity contribution < 1.29 is 4.74 Å². The number of rotatable bonds is 2. The highest BCUT2D eigenvalue weighted by atomic mass is 16.5. The first kappa shape index (κ1) is 13.4. The lowest BCUT2D eigenvalue weighted by Gasteiger charge is -2.11. The first-order valence-corrected chi connectivity index (χ1v) is 7.01. The van der Waals surface area contributed by atoms with Crippen LogP contribution in [0.15, 0.2) is 47.8 Å². The third-order valence-corrected chi connectivity index (χ3v) is 3.90. The van der Waals surface area contributed by atoms with E-state index in [9.17, 15) is 4.79 Å². The van der Waals surface area contributed by atoms with E-state index in [0.29, 0.717) is 16.8 Å². The topological polar surface area (TPSA) is 74.8 Å². The molecule has 7 nitrogen and oxygen atoms in total. The largest absolute Gasteiger partial charge is 0.481 e. The van der Waals surface area contributed by atoms with Crippen molar-refractivity contribution in [3.05, 3.63) is 53.2 Å². The SMILES string of the molecule is COc1ccc2c(n1)c(=O)c1ccc(-n3cncn3)cc1n2C. The second kappa shape index (κ2) is 4.91. The van der Waals surface area contributed by atoms with Crippen molar-refractivity contribution in [2.24, 2.45) is 7.05 Å². The third-order valence-electron chi connectivity index (χ3n) is 3.90. The first-order chi connectivity index (χ1) is 11.2. The van der Waals surface area contributed by atoms with Crippen LogP contribution < -0.4 is 10.2 Å². The monoisotopic (exact) mass is 307 g/mol. The van der Waals surface area contributed by atoms with Crippen LogP contribution in [0.25, 0.3) is 27.6 Å². The molecule has 3 heterocycles. The van der Waals surface area contributed by atoms with Gasteiger partial charge in [0.2, 0.25) is 11.3 Å². The van der Waals surface area contributed by atoms with Crippen molar-refractivity contribution in [2.45, 2.75) is 0 Å². The molecule has 0 radical (unpaired) electrons. The minimum atomic E-state index is -0.114. The van der Waals surface area contributed by atoms with Crippen LogP contribution in [-0.4, -0.2) is 31.4 Å². The molecule has 0 aliphatic heterocycles. The maximum absolute atomic E-state index is 12.7. The summed E-state index contributed by atoms with van der Waals surface area (Å²) in [7, 11) is 3.44. The van der Waals surface area contributed by atoms with Crippen molar-refractivity contribution in [1.82, 2.24) is 24.3 Å². The van der Waals surface area contributed by atoms with Crippen LogP contribution >= 0.6 is 0 Å². The molecule has 114 valence electrons. The predicted molar refractivity (Wildman–Crippen MR) is 86.0 cm³/mol. The van der Waals surface area contributed by atoms with Gasteiger partial charge >= 0.3 is 0 Å². The number of ether oxygens (including phenoxy) is 1. The van der Waals surface area contributed by atoms with Crippen LogP contribution in [0.4, 0.5) is 0 Å². The zero-order valence-electron chi connectivity index (χ0n) is 12.6. The number of pyridine rings is 2. The lowest BCUT2D eigenvalue weighted by atomic mass is 10.1. The molecule has 0 N–H and O–H groups in total. The Morgan fingerprint density at radius 1 is 1.13 bits per heavy atom. The fraction of sp³-hybridized carbons (Fsp3) is 0.125. The Balaban J connectivity index is 2.09. The van der Waals surface area contributed by atoms with Crippen LogP contribution in [0.3, 0.4) is 0 Å². The quantitative estimate of drug-likeness (QED) is 0.527. The standard InChI is InChI=1S/C16H13N5O2/c1-20-12-5-6-14(23-2)19-15(12)16(22)11-4-3-10(7-13(11)20)21-9-17-8-18-21/h3-9H,1-2H3. The minimum absolute atomic E-state index is 0.114. The van der Waals surface area contributed by atoms with Crippen molar-refractivity contribution in [1.29, 1.82) is 0 Å². The van der Waals surface area contributed by atoms with E-state index in [2.05, 4.69) is 15.1 Å². The number of aromatic nitrogens is 5. The smallest absolute Gasteiger partial charge is 0.215 e. The van der Waals surface area contributed by atoms with Crippen LogP contribution in [0, 0.1) is 0 Å². The Morgan fingerprint density at radius 3 is 2.74 bits per heavy atom.